The molecule has 1 atom stereocenters. The van der Waals surface area contributed by atoms with E-state index in [0.717, 1.165) is 18.7 Å². The largest absolute Gasteiger partial charge is 0.373 e. The number of amides is 1. The molecule has 1 fully saturated rings. The maximum atomic E-state index is 12.2. The average Bonchev–Trinajstić information content (AvgIpc) is 2.90. The molecule has 0 bridgehead atoms. The Bertz CT molecular complexity index is 432. The molecule has 0 radical (unpaired) electrons. The second kappa shape index (κ2) is 5.87. The summed E-state index contributed by atoms with van der Waals surface area (Å²) in [7, 11) is 0. The van der Waals surface area contributed by atoms with E-state index in [1.165, 1.54) is 29.9 Å². The maximum Gasteiger partial charge on any atom is 0.242 e. The van der Waals surface area contributed by atoms with Gasteiger partial charge in [0.15, 0.2) is 0 Å². The van der Waals surface area contributed by atoms with Crippen molar-refractivity contribution in [2.45, 2.75) is 25.3 Å². The molecule has 1 aromatic rings. The molecule has 2 heterocycles. The summed E-state index contributed by atoms with van der Waals surface area (Å²) < 4.78 is 0. The number of thioether (sulfide) groups is 1. The summed E-state index contributed by atoms with van der Waals surface area (Å²) in [6.07, 6.45) is 3.29. The van der Waals surface area contributed by atoms with E-state index in [1.807, 2.05) is 30.0 Å². The molecule has 3 rings (SSSR count). The van der Waals surface area contributed by atoms with Gasteiger partial charge in [0, 0.05) is 18.7 Å². The van der Waals surface area contributed by atoms with Gasteiger partial charge in [-0.15, -0.1) is 0 Å². The highest BCUT2D eigenvalue weighted by Gasteiger charge is 2.26. The Kier molecular flexibility index (Phi) is 3.97. The lowest BCUT2D eigenvalue weighted by Crippen LogP contribution is -2.41. The molecule has 0 aliphatic carbocycles. The number of anilines is 1. The number of carbonyl (C=O) groups excluding carboxylic acids is 1. The molecule has 1 saturated heterocycles. The van der Waals surface area contributed by atoms with Crippen molar-refractivity contribution < 1.29 is 4.79 Å². The fraction of sp³-hybridized carbons (Fsp3) is 0.533. The zero-order chi connectivity index (χ0) is 13.1. The lowest BCUT2D eigenvalue weighted by Gasteiger charge is -2.22. The van der Waals surface area contributed by atoms with Gasteiger partial charge in [-0.05, 0) is 41.9 Å². The van der Waals surface area contributed by atoms with Gasteiger partial charge in [0.1, 0.15) is 6.04 Å². The Morgan fingerprint density at radius 1 is 1.32 bits per heavy atom. The molecule has 2 aliphatic heterocycles. The van der Waals surface area contributed by atoms with Crippen molar-refractivity contribution in [2.24, 2.45) is 5.92 Å². The van der Waals surface area contributed by atoms with Gasteiger partial charge >= 0.3 is 0 Å². The van der Waals surface area contributed by atoms with Gasteiger partial charge in [-0.3, -0.25) is 4.79 Å². The molecule has 1 unspecified atom stereocenters. The van der Waals surface area contributed by atoms with Gasteiger partial charge in [-0.1, -0.05) is 18.2 Å². The quantitative estimate of drug-likeness (QED) is 0.890. The fourth-order valence-corrected chi connectivity index (χ4v) is 3.98. The smallest absolute Gasteiger partial charge is 0.242 e. The molecular weight excluding hydrogens is 256 g/mol. The zero-order valence-corrected chi connectivity index (χ0v) is 11.8. The van der Waals surface area contributed by atoms with Crippen LogP contribution in [0.2, 0.25) is 0 Å². The van der Waals surface area contributed by atoms with Crippen LogP contribution < -0.4 is 10.6 Å². The first-order chi connectivity index (χ1) is 9.33. The minimum absolute atomic E-state index is 0.0876. The van der Waals surface area contributed by atoms with Gasteiger partial charge in [0.25, 0.3) is 0 Å². The predicted molar refractivity (Wildman–Crippen MR) is 80.6 cm³/mol. The molecule has 0 saturated carbocycles. The van der Waals surface area contributed by atoms with E-state index in [2.05, 4.69) is 16.7 Å². The minimum Gasteiger partial charge on any atom is -0.373 e. The van der Waals surface area contributed by atoms with Gasteiger partial charge in [-0.2, -0.15) is 11.8 Å². The van der Waals surface area contributed by atoms with Crippen molar-refractivity contribution >= 4 is 23.4 Å². The average molecular weight is 276 g/mol. The summed E-state index contributed by atoms with van der Waals surface area (Å²) >= 11 is 2.02. The lowest BCUT2D eigenvalue weighted by atomic mass is 10.0. The van der Waals surface area contributed by atoms with Gasteiger partial charge in [0.2, 0.25) is 5.91 Å². The van der Waals surface area contributed by atoms with Crippen molar-refractivity contribution in [1.29, 1.82) is 0 Å². The van der Waals surface area contributed by atoms with Gasteiger partial charge in [0.05, 0.1) is 0 Å². The summed E-state index contributed by atoms with van der Waals surface area (Å²) in [5.41, 5.74) is 2.36. The number of fused-ring (bicyclic) bond motifs is 1. The van der Waals surface area contributed by atoms with Crippen molar-refractivity contribution in [3.05, 3.63) is 29.8 Å². The van der Waals surface area contributed by atoms with Gasteiger partial charge in [-0.25, -0.2) is 0 Å². The van der Waals surface area contributed by atoms with Crippen LogP contribution in [0.25, 0.3) is 0 Å². The first-order valence-electron chi connectivity index (χ1n) is 7.03. The molecule has 1 amide bonds. The number of carbonyl (C=O) groups is 1. The van der Waals surface area contributed by atoms with Crippen LogP contribution in [0.5, 0.6) is 0 Å². The highest BCUT2D eigenvalue weighted by atomic mass is 32.2. The molecular formula is C15H20N2OS. The Morgan fingerprint density at radius 2 is 2.11 bits per heavy atom. The van der Waals surface area contributed by atoms with E-state index >= 15 is 0 Å². The van der Waals surface area contributed by atoms with Crippen LogP contribution in [0.15, 0.2) is 24.3 Å². The molecule has 3 nitrogen and oxygen atoms in total. The Balaban J connectivity index is 1.49. The molecule has 2 aliphatic rings. The Morgan fingerprint density at radius 3 is 2.89 bits per heavy atom. The Labute approximate surface area is 118 Å². The molecule has 0 spiro atoms. The first kappa shape index (κ1) is 12.9. The molecule has 4 heteroatoms. The molecule has 19 heavy (non-hydrogen) atoms. The van der Waals surface area contributed by atoms with Crippen LogP contribution in [-0.2, 0) is 11.2 Å². The molecule has 1 aromatic carbocycles. The summed E-state index contributed by atoms with van der Waals surface area (Å²) in [4.78, 5) is 12.2. The second-order valence-corrected chi connectivity index (χ2v) is 6.58. The second-order valence-electron chi connectivity index (χ2n) is 5.36. The summed E-state index contributed by atoms with van der Waals surface area (Å²) in [5, 5.41) is 6.42. The van der Waals surface area contributed by atoms with E-state index < -0.39 is 0 Å². The molecule has 2 N–H and O–H groups in total. The topological polar surface area (TPSA) is 41.1 Å². The van der Waals surface area contributed by atoms with Crippen LogP contribution >= 0.6 is 11.8 Å². The number of hydrogen-bond donors (Lipinski definition) is 2. The third kappa shape index (κ3) is 3.06. The van der Waals surface area contributed by atoms with Crippen LogP contribution in [-0.4, -0.2) is 30.0 Å². The van der Waals surface area contributed by atoms with E-state index in [1.54, 1.807) is 0 Å². The Hall–Kier alpha value is -1.16. The van der Waals surface area contributed by atoms with Crippen molar-refractivity contribution in [2.75, 3.05) is 23.4 Å². The van der Waals surface area contributed by atoms with Crippen molar-refractivity contribution in [1.82, 2.24) is 5.32 Å². The van der Waals surface area contributed by atoms with Crippen LogP contribution in [0.3, 0.4) is 0 Å². The van der Waals surface area contributed by atoms with E-state index in [0.29, 0.717) is 5.92 Å². The highest BCUT2D eigenvalue weighted by molar-refractivity contribution is 7.99. The third-order valence-electron chi connectivity index (χ3n) is 3.99. The molecule has 0 aromatic heterocycles. The van der Waals surface area contributed by atoms with E-state index in [-0.39, 0.29) is 11.9 Å². The maximum absolute atomic E-state index is 12.2. The number of para-hydroxylation sites is 1. The van der Waals surface area contributed by atoms with Crippen LogP contribution in [0.1, 0.15) is 18.4 Å². The van der Waals surface area contributed by atoms with E-state index in [9.17, 15) is 4.79 Å². The number of benzene rings is 1. The monoisotopic (exact) mass is 276 g/mol. The zero-order valence-electron chi connectivity index (χ0n) is 11.0. The van der Waals surface area contributed by atoms with Gasteiger partial charge < -0.3 is 10.6 Å². The predicted octanol–water partition coefficient (Wildman–Crippen LogP) is 2.28. The standard InChI is InChI=1S/C15H20N2OS/c18-15(16-10-11-5-7-19-8-6-11)14-9-12-3-1-2-4-13(12)17-14/h1-4,11,14,17H,5-10H2,(H,16,18). The first-order valence-corrected chi connectivity index (χ1v) is 8.18. The van der Waals surface area contributed by atoms with Crippen molar-refractivity contribution in [3.63, 3.8) is 0 Å². The number of nitrogens with one attached hydrogen (secondary N) is 2. The SMILES string of the molecule is O=C(NCC1CCSCC1)C1Cc2ccccc2N1. The number of hydrogen-bond acceptors (Lipinski definition) is 3. The fourth-order valence-electron chi connectivity index (χ4n) is 2.77. The lowest BCUT2D eigenvalue weighted by molar-refractivity contribution is -0.121. The highest BCUT2D eigenvalue weighted by Crippen LogP contribution is 2.25. The van der Waals surface area contributed by atoms with Crippen molar-refractivity contribution in [3.8, 4) is 0 Å². The molecule has 102 valence electrons. The number of rotatable bonds is 3. The summed E-state index contributed by atoms with van der Waals surface area (Å²) in [6, 6.07) is 8.08. The normalized spacial score (nSPS) is 22.6. The van der Waals surface area contributed by atoms with Crippen LogP contribution in [0, 0.1) is 5.92 Å². The summed E-state index contributed by atoms with van der Waals surface area (Å²) in [6.45, 7) is 0.841. The summed E-state index contributed by atoms with van der Waals surface area (Å²) in [5.74, 6) is 3.31. The van der Waals surface area contributed by atoms with Crippen LogP contribution in [0.4, 0.5) is 5.69 Å². The van der Waals surface area contributed by atoms with E-state index in [4.69, 9.17) is 0 Å². The third-order valence-corrected chi connectivity index (χ3v) is 5.04. The minimum atomic E-state index is -0.0876.